The second-order valence-corrected chi connectivity index (χ2v) is 7.57. The van der Waals surface area contributed by atoms with E-state index in [0.717, 1.165) is 19.3 Å². The Labute approximate surface area is 134 Å². The first-order valence-electron chi connectivity index (χ1n) is 7.30. The van der Waals surface area contributed by atoms with Gasteiger partial charge in [-0.05, 0) is 6.42 Å². The molecule has 0 rings (SSSR count). The molecule has 0 fully saturated rings. The summed E-state index contributed by atoms with van der Waals surface area (Å²) in [6.07, 6.45) is 6.35. The van der Waals surface area contributed by atoms with Gasteiger partial charge in [-0.1, -0.05) is 32.6 Å². The maximum absolute atomic E-state index is 11.3. The van der Waals surface area contributed by atoms with Crippen LogP contribution in [0.4, 0.5) is 0 Å². The fourth-order valence-corrected chi connectivity index (χ4v) is 1.47. The van der Waals surface area contributed by atoms with Gasteiger partial charge in [0.25, 0.3) is 0 Å². The highest BCUT2D eigenvalue weighted by Gasteiger charge is 2.18. The van der Waals surface area contributed by atoms with Gasteiger partial charge in [0.05, 0.1) is 31.3 Å². The lowest BCUT2D eigenvalue weighted by molar-refractivity contribution is -0.862. The zero-order chi connectivity index (χ0) is 17.8. The number of nitrogens with zero attached hydrogens (tertiary/aromatic N) is 1. The largest absolute Gasteiger partial charge is 0.748 e. The second kappa shape index (κ2) is 11.6. The van der Waals surface area contributed by atoms with Crippen molar-refractivity contribution >= 4 is 22.1 Å². The topological polar surface area (TPSA) is 101 Å². The minimum absolute atomic E-state index is 0.224. The van der Waals surface area contributed by atoms with Crippen LogP contribution in [0.5, 0.6) is 0 Å². The molecule has 0 aromatic rings. The third-order valence-electron chi connectivity index (χ3n) is 2.32. The Morgan fingerprint density at radius 1 is 1.00 bits per heavy atom. The highest BCUT2D eigenvalue weighted by molar-refractivity contribution is 7.84. The van der Waals surface area contributed by atoms with Crippen LogP contribution >= 0.6 is 0 Å². The van der Waals surface area contributed by atoms with Crippen LogP contribution in [0.1, 0.15) is 45.4 Å². The van der Waals surface area contributed by atoms with Gasteiger partial charge in [0, 0.05) is 12.7 Å². The molecule has 0 aromatic carbocycles. The first-order valence-corrected chi connectivity index (χ1v) is 9.11. The van der Waals surface area contributed by atoms with Gasteiger partial charge in [0.1, 0.15) is 0 Å². The van der Waals surface area contributed by atoms with Crippen molar-refractivity contribution in [1.82, 2.24) is 0 Å². The zero-order valence-corrected chi connectivity index (χ0v) is 15.1. The highest BCUT2D eigenvalue weighted by atomic mass is 32.2. The molecule has 0 aliphatic heterocycles. The predicted molar refractivity (Wildman–Crippen MR) is 83.0 cm³/mol. The van der Waals surface area contributed by atoms with Crippen molar-refractivity contribution < 1.29 is 31.8 Å². The van der Waals surface area contributed by atoms with Crippen molar-refractivity contribution in [2.24, 2.45) is 0 Å². The van der Waals surface area contributed by atoms with Gasteiger partial charge >= 0.3 is 11.9 Å². The van der Waals surface area contributed by atoms with E-state index in [1.54, 1.807) is 0 Å². The van der Waals surface area contributed by atoms with Gasteiger partial charge in [-0.25, -0.2) is 13.2 Å². The fraction of sp³-hybridized carbons (Fsp3) is 0.857. The van der Waals surface area contributed by atoms with Crippen molar-refractivity contribution in [2.45, 2.75) is 45.4 Å². The lowest BCUT2D eigenvalue weighted by Crippen LogP contribution is -2.40. The number of unbranched alkanes of at least 4 members (excludes halogenated alkanes) is 4. The Kier molecular flexibility index (Phi) is 12.2. The Morgan fingerprint density at radius 2 is 1.45 bits per heavy atom. The number of likely N-dealkylation sites (N-methyl/N-ethyl adjacent to an activating group) is 1. The first-order chi connectivity index (χ1) is 9.85. The first kappa shape index (κ1) is 23.3. The van der Waals surface area contributed by atoms with Crippen LogP contribution in [0.3, 0.4) is 0 Å². The molecular formula is C14H29NO6S. The fourth-order valence-electron chi connectivity index (χ4n) is 1.47. The average Bonchev–Trinajstić information content (AvgIpc) is 2.23. The number of hydrogen-bond donors (Lipinski definition) is 0. The molecule has 0 radical (unpaired) electrons. The van der Waals surface area contributed by atoms with E-state index >= 15 is 0 Å². The molecule has 0 saturated carbocycles. The van der Waals surface area contributed by atoms with Crippen molar-refractivity contribution in [3.63, 3.8) is 0 Å². The van der Waals surface area contributed by atoms with Gasteiger partial charge in [-0.15, -0.1) is 0 Å². The maximum atomic E-state index is 11.3. The van der Waals surface area contributed by atoms with Crippen LogP contribution < -0.4 is 0 Å². The number of hydrogen-bond acceptors (Lipinski definition) is 6. The molecule has 0 bridgehead atoms. The quantitative estimate of drug-likeness (QED) is 0.217. The Hall–Kier alpha value is -0.990. The van der Waals surface area contributed by atoms with E-state index in [-0.39, 0.29) is 12.5 Å². The van der Waals surface area contributed by atoms with E-state index in [1.165, 1.54) is 12.8 Å². The summed E-state index contributed by atoms with van der Waals surface area (Å²) in [6.45, 7) is 2.37. The minimum Gasteiger partial charge on any atom is -0.748 e. The molecule has 22 heavy (non-hydrogen) atoms. The lowest BCUT2D eigenvalue weighted by atomic mass is 10.1. The summed E-state index contributed by atoms with van der Waals surface area (Å²) < 4.78 is 32.4. The summed E-state index contributed by atoms with van der Waals surface area (Å²) in [5.41, 5.74) is 0. The molecule has 132 valence electrons. The molecule has 0 N–H and O–H groups in total. The molecule has 0 saturated heterocycles. The summed E-state index contributed by atoms with van der Waals surface area (Å²) in [6, 6.07) is 0. The number of ether oxygens (including phenoxy) is 1. The standard InChI is InChI=1S/C13H26NO3.CH4O3S/c1-5-6-7-8-9-10-12(15)17-13(16)11-14(2,3)4;1-5(2,3)4/h5-11H2,1-4H3;1H3,(H,2,3,4)/q+1;/p-1. The second-order valence-electron chi connectivity index (χ2n) is 6.16. The van der Waals surface area contributed by atoms with Crippen LogP contribution in [0.2, 0.25) is 0 Å². The third kappa shape index (κ3) is 27.4. The number of rotatable bonds is 8. The molecule has 0 aromatic heterocycles. The van der Waals surface area contributed by atoms with E-state index < -0.39 is 16.1 Å². The number of quaternary nitrogens is 1. The summed E-state index contributed by atoms with van der Waals surface area (Å²) in [5.74, 6) is -0.823. The summed E-state index contributed by atoms with van der Waals surface area (Å²) in [5, 5.41) is 0. The predicted octanol–water partition coefficient (Wildman–Crippen LogP) is 1.28. The number of carbonyl (C=O) groups excluding carboxylic acids is 2. The van der Waals surface area contributed by atoms with E-state index in [4.69, 9.17) is 17.7 Å². The van der Waals surface area contributed by atoms with Gasteiger partial charge in [-0.3, -0.25) is 4.79 Å². The Morgan fingerprint density at radius 3 is 1.86 bits per heavy atom. The van der Waals surface area contributed by atoms with Gasteiger partial charge in [-0.2, -0.15) is 0 Å². The van der Waals surface area contributed by atoms with Crippen LogP contribution in [0.15, 0.2) is 0 Å². The van der Waals surface area contributed by atoms with Gasteiger partial charge < -0.3 is 13.8 Å². The summed E-state index contributed by atoms with van der Waals surface area (Å²) in [4.78, 5) is 22.7. The third-order valence-corrected chi connectivity index (χ3v) is 2.32. The SMILES string of the molecule is CCCCCCCC(=O)OC(=O)C[N+](C)(C)C.CS(=O)(=O)[O-]. The minimum atomic E-state index is -3.92. The maximum Gasteiger partial charge on any atom is 0.369 e. The van der Waals surface area contributed by atoms with Crippen LogP contribution in [-0.4, -0.2) is 63.3 Å². The van der Waals surface area contributed by atoms with E-state index in [2.05, 4.69) is 6.92 Å². The van der Waals surface area contributed by atoms with E-state index in [1.807, 2.05) is 21.1 Å². The summed E-state index contributed by atoms with van der Waals surface area (Å²) in [7, 11) is 1.74. The Balaban J connectivity index is 0. The van der Waals surface area contributed by atoms with Crippen LogP contribution in [-0.2, 0) is 24.4 Å². The van der Waals surface area contributed by atoms with Crippen LogP contribution in [0.25, 0.3) is 0 Å². The average molecular weight is 339 g/mol. The smallest absolute Gasteiger partial charge is 0.369 e. The van der Waals surface area contributed by atoms with Gasteiger partial charge in [0.2, 0.25) is 0 Å². The molecule has 0 heterocycles. The molecule has 8 heteroatoms. The Bertz CT molecular complexity index is 417. The van der Waals surface area contributed by atoms with Crippen molar-refractivity contribution in [3.8, 4) is 0 Å². The normalized spacial score (nSPS) is 11.4. The lowest BCUT2D eigenvalue weighted by Gasteiger charge is -2.21. The molecule has 7 nitrogen and oxygen atoms in total. The molecule has 0 atom stereocenters. The van der Waals surface area contributed by atoms with E-state index in [9.17, 15) is 9.59 Å². The van der Waals surface area contributed by atoms with Crippen molar-refractivity contribution in [2.75, 3.05) is 33.9 Å². The zero-order valence-electron chi connectivity index (χ0n) is 14.3. The molecule has 0 aliphatic carbocycles. The molecule has 0 unspecified atom stereocenters. The molecule has 0 amide bonds. The summed E-state index contributed by atoms with van der Waals surface area (Å²) >= 11 is 0. The van der Waals surface area contributed by atoms with Crippen molar-refractivity contribution in [1.29, 1.82) is 0 Å². The van der Waals surface area contributed by atoms with Crippen LogP contribution in [0, 0.1) is 0 Å². The molecule has 0 spiro atoms. The van der Waals surface area contributed by atoms with E-state index in [0.29, 0.717) is 17.2 Å². The highest BCUT2D eigenvalue weighted by Crippen LogP contribution is 2.06. The number of esters is 2. The molecule has 0 aliphatic rings. The monoisotopic (exact) mass is 339 g/mol. The van der Waals surface area contributed by atoms with Gasteiger partial charge in [0.15, 0.2) is 6.54 Å². The van der Waals surface area contributed by atoms with Crippen molar-refractivity contribution in [3.05, 3.63) is 0 Å². The number of carbonyl (C=O) groups is 2. The molecular weight excluding hydrogens is 310 g/mol.